The van der Waals surface area contributed by atoms with Crippen LogP contribution in [0, 0.1) is 11.8 Å². The summed E-state index contributed by atoms with van der Waals surface area (Å²) in [6, 6.07) is 3.60. The second-order valence-corrected chi connectivity index (χ2v) is 4.39. The van der Waals surface area contributed by atoms with Crippen LogP contribution in [-0.2, 0) is 0 Å². The molecule has 15 heavy (non-hydrogen) atoms. The SMILES string of the molecule is CC1CC1CN(C)c1ncccc1C=O. The quantitative estimate of drug-likeness (QED) is 0.703. The number of rotatable bonds is 4. The van der Waals surface area contributed by atoms with Crippen LogP contribution in [0.3, 0.4) is 0 Å². The zero-order chi connectivity index (χ0) is 10.8. The van der Waals surface area contributed by atoms with Crippen molar-refractivity contribution >= 4 is 12.1 Å². The average molecular weight is 204 g/mol. The molecule has 0 radical (unpaired) electrons. The molecular weight excluding hydrogens is 188 g/mol. The molecule has 2 unspecified atom stereocenters. The van der Waals surface area contributed by atoms with Gasteiger partial charge in [0.15, 0.2) is 6.29 Å². The molecule has 1 aromatic heterocycles. The predicted molar refractivity (Wildman–Crippen MR) is 60.2 cm³/mol. The Labute approximate surface area is 90.1 Å². The molecule has 2 rings (SSSR count). The van der Waals surface area contributed by atoms with E-state index in [0.29, 0.717) is 5.56 Å². The van der Waals surface area contributed by atoms with Crippen molar-refractivity contribution in [3.8, 4) is 0 Å². The first-order valence-corrected chi connectivity index (χ1v) is 5.33. The number of carbonyl (C=O) groups excluding carboxylic acids is 1. The third kappa shape index (κ3) is 2.17. The van der Waals surface area contributed by atoms with E-state index >= 15 is 0 Å². The molecule has 1 saturated carbocycles. The van der Waals surface area contributed by atoms with Gasteiger partial charge in [-0.05, 0) is 30.4 Å². The van der Waals surface area contributed by atoms with Crippen LogP contribution in [0.25, 0.3) is 0 Å². The van der Waals surface area contributed by atoms with Crippen LogP contribution < -0.4 is 4.90 Å². The van der Waals surface area contributed by atoms with E-state index in [1.54, 1.807) is 12.3 Å². The van der Waals surface area contributed by atoms with Crippen molar-refractivity contribution in [2.45, 2.75) is 13.3 Å². The summed E-state index contributed by atoms with van der Waals surface area (Å²) in [5.41, 5.74) is 0.674. The first-order valence-electron chi connectivity index (χ1n) is 5.33. The fourth-order valence-corrected chi connectivity index (χ4v) is 1.91. The number of hydrogen-bond acceptors (Lipinski definition) is 3. The van der Waals surface area contributed by atoms with Crippen molar-refractivity contribution in [2.24, 2.45) is 11.8 Å². The highest BCUT2D eigenvalue weighted by atomic mass is 16.1. The van der Waals surface area contributed by atoms with Gasteiger partial charge in [-0.1, -0.05) is 6.92 Å². The summed E-state index contributed by atoms with van der Waals surface area (Å²) in [6.45, 7) is 3.26. The molecule has 1 aliphatic carbocycles. The van der Waals surface area contributed by atoms with Gasteiger partial charge in [0.25, 0.3) is 0 Å². The van der Waals surface area contributed by atoms with E-state index in [9.17, 15) is 4.79 Å². The van der Waals surface area contributed by atoms with Gasteiger partial charge in [-0.15, -0.1) is 0 Å². The molecule has 1 aromatic rings. The van der Waals surface area contributed by atoms with Gasteiger partial charge in [0.2, 0.25) is 0 Å². The molecule has 0 N–H and O–H groups in total. The first-order chi connectivity index (χ1) is 7.22. The van der Waals surface area contributed by atoms with Gasteiger partial charge in [0.05, 0.1) is 5.56 Å². The minimum absolute atomic E-state index is 0.674. The maximum atomic E-state index is 10.8. The summed E-state index contributed by atoms with van der Waals surface area (Å²) in [6.07, 6.45) is 3.90. The van der Waals surface area contributed by atoms with Crippen molar-refractivity contribution in [1.82, 2.24) is 4.98 Å². The zero-order valence-electron chi connectivity index (χ0n) is 9.18. The Bertz CT molecular complexity index is 364. The first kappa shape index (κ1) is 10.1. The van der Waals surface area contributed by atoms with Crippen LogP contribution in [0.1, 0.15) is 23.7 Å². The monoisotopic (exact) mass is 204 g/mol. The Hall–Kier alpha value is -1.38. The van der Waals surface area contributed by atoms with Gasteiger partial charge in [-0.2, -0.15) is 0 Å². The topological polar surface area (TPSA) is 33.2 Å². The van der Waals surface area contributed by atoms with E-state index in [2.05, 4.69) is 16.8 Å². The van der Waals surface area contributed by atoms with Gasteiger partial charge < -0.3 is 4.90 Å². The van der Waals surface area contributed by atoms with Crippen molar-refractivity contribution in [3.05, 3.63) is 23.9 Å². The molecule has 2 atom stereocenters. The molecule has 80 valence electrons. The summed E-state index contributed by atoms with van der Waals surface area (Å²) >= 11 is 0. The highest BCUT2D eigenvalue weighted by Gasteiger charge is 2.33. The predicted octanol–water partition coefficient (Wildman–Crippen LogP) is 1.99. The maximum Gasteiger partial charge on any atom is 0.153 e. The highest BCUT2D eigenvalue weighted by Crippen LogP contribution is 2.38. The zero-order valence-corrected chi connectivity index (χ0v) is 9.18. The number of nitrogens with zero attached hydrogens (tertiary/aromatic N) is 2. The molecule has 0 saturated heterocycles. The van der Waals surface area contributed by atoms with Gasteiger partial charge in [0, 0.05) is 19.8 Å². The minimum Gasteiger partial charge on any atom is -0.359 e. The van der Waals surface area contributed by atoms with Crippen LogP contribution in [0.15, 0.2) is 18.3 Å². The number of pyridine rings is 1. The number of carbonyl (C=O) groups is 1. The molecule has 1 fully saturated rings. The number of hydrogen-bond donors (Lipinski definition) is 0. The summed E-state index contributed by atoms with van der Waals surface area (Å²) in [4.78, 5) is 17.2. The number of aromatic nitrogens is 1. The van der Waals surface area contributed by atoms with Gasteiger partial charge in [-0.25, -0.2) is 4.98 Å². The summed E-state index contributed by atoms with van der Waals surface area (Å²) in [7, 11) is 2.00. The lowest BCUT2D eigenvalue weighted by Gasteiger charge is -2.19. The van der Waals surface area contributed by atoms with Gasteiger partial charge >= 0.3 is 0 Å². The summed E-state index contributed by atoms with van der Waals surface area (Å²) < 4.78 is 0. The molecule has 0 aromatic carbocycles. The third-order valence-electron chi connectivity index (χ3n) is 3.09. The Kier molecular flexibility index (Phi) is 2.71. The van der Waals surface area contributed by atoms with Crippen molar-refractivity contribution < 1.29 is 4.79 Å². The van der Waals surface area contributed by atoms with Gasteiger partial charge in [-0.3, -0.25) is 4.79 Å². The average Bonchev–Trinajstić information content (AvgIpc) is 2.94. The Morgan fingerprint density at radius 1 is 1.67 bits per heavy atom. The Balaban J connectivity index is 2.10. The minimum atomic E-state index is 0.674. The molecule has 0 spiro atoms. The van der Waals surface area contributed by atoms with Crippen LogP contribution in [-0.4, -0.2) is 24.9 Å². The molecule has 1 aliphatic rings. The molecule has 1 heterocycles. The molecule has 0 aliphatic heterocycles. The lowest BCUT2D eigenvalue weighted by atomic mass is 10.2. The van der Waals surface area contributed by atoms with E-state index < -0.39 is 0 Å². The van der Waals surface area contributed by atoms with Crippen molar-refractivity contribution in [2.75, 3.05) is 18.5 Å². The van der Waals surface area contributed by atoms with E-state index in [0.717, 1.165) is 30.5 Å². The van der Waals surface area contributed by atoms with Crippen molar-refractivity contribution in [3.63, 3.8) is 0 Å². The largest absolute Gasteiger partial charge is 0.359 e. The third-order valence-corrected chi connectivity index (χ3v) is 3.09. The van der Waals surface area contributed by atoms with Gasteiger partial charge in [0.1, 0.15) is 5.82 Å². The lowest BCUT2D eigenvalue weighted by molar-refractivity contribution is 0.112. The van der Waals surface area contributed by atoms with E-state index in [4.69, 9.17) is 0 Å². The second kappa shape index (κ2) is 4.01. The smallest absolute Gasteiger partial charge is 0.153 e. The normalized spacial score (nSPS) is 23.6. The van der Waals surface area contributed by atoms with Crippen molar-refractivity contribution in [1.29, 1.82) is 0 Å². The number of anilines is 1. The van der Waals surface area contributed by atoms with Crippen LogP contribution in [0.2, 0.25) is 0 Å². The van der Waals surface area contributed by atoms with E-state index in [-0.39, 0.29) is 0 Å². The Morgan fingerprint density at radius 3 is 3.00 bits per heavy atom. The Morgan fingerprint density at radius 2 is 2.40 bits per heavy atom. The van der Waals surface area contributed by atoms with Crippen LogP contribution >= 0.6 is 0 Å². The lowest BCUT2D eigenvalue weighted by Crippen LogP contribution is -2.22. The van der Waals surface area contributed by atoms with Crippen LogP contribution in [0.5, 0.6) is 0 Å². The van der Waals surface area contributed by atoms with Crippen LogP contribution in [0.4, 0.5) is 5.82 Å². The molecule has 0 amide bonds. The molecule has 3 heteroatoms. The second-order valence-electron chi connectivity index (χ2n) is 4.39. The molecule has 0 bridgehead atoms. The standard InChI is InChI=1S/C12H16N2O/c1-9-6-11(9)7-14(2)12-10(8-15)4-3-5-13-12/h3-5,8-9,11H,6-7H2,1-2H3. The molecular formula is C12H16N2O. The number of aldehydes is 1. The highest BCUT2D eigenvalue weighted by molar-refractivity contribution is 5.82. The maximum absolute atomic E-state index is 10.8. The fourth-order valence-electron chi connectivity index (χ4n) is 1.91. The summed E-state index contributed by atoms with van der Waals surface area (Å²) in [5, 5.41) is 0. The molecule has 3 nitrogen and oxygen atoms in total. The van der Waals surface area contributed by atoms with E-state index in [1.165, 1.54) is 6.42 Å². The fraction of sp³-hybridized carbons (Fsp3) is 0.500. The summed E-state index contributed by atoms with van der Waals surface area (Å²) in [5.74, 6) is 2.40. The van der Waals surface area contributed by atoms with E-state index in [1.807, 2.05) is 13.1 Å².